The van der Waals surface area contributed by atoms with Gasteiger partial charge in [0, 0.05) is 17.4 Å². The van der Waals surface area contributed by atoms with Crippen molar-refractivity contribution in [1.29, 1.82) is 0 Å². The first-order chi connectivity index (χ1) is 12.3. The molecule has 4 rings (SSSR count). The van der Waals surface area contributed by atoms with E-state index in [4.69, 9.17) is 0 Å². The van der Waals surface area contributed by atoms with Crippen molar-refractivity contribution in [2.24, 2.45) is 0 Å². The topological polar surface area (TPSA) is 101 Å². The Labute approximate surface area is 142 Å². The molecule has 2 N–H and O–H groups in total. The Morgan fingerprint density at radius 1 is 1.08 bits per heavy atom. The zero-order valence-electron chi connectivity index (χ0n) is 13.0. The van der Waals surface area contributed by atoms with E-state index in [9.17, 15) is 4.79 Å². The highest BCUT2D eigenvalue weighted by molar-refractivity contribution is 6.04. The van der Waals surface area contributed by atoms with Crippen LogP contribution in [-0.2, 0) is 0 Å². The molecule has 0 radical (unpaired) electrons. The normalized spacial score (nSPS) is 10.6. The van der Waals surface area contributed by atoms with Crippen molar-refractivity contribution < 1.29 is 4.79 Å². The van der Waals surface area contributed by atoms with Crippen LogP contribution in [0.15, 0.2) is 67.0 Å². The number of tetrazole rings is 1. The van der Waals surface area contributed by atoms with Crippen LogP contribution in [0.2, 0.25) is 0 Å². The smallest absolute Gasteiger partial charge is 0.258 e. The highest BCUT2D eigenvalue weighted by Crippen LogP contribution is 2.19. The molecule has 0 aliphatic rings. The van der Waals surface area contributed by atoms with Gasteiger partial charge in [-0.2, -0.15) is 10.3 Å². The highest BCUT2D eigenvalue weighted by atomic mass is 16.1. The Kier molecular flexibility index (Phi) is 3.76. The standard InChI is InChI=1S/C17H13N7O/c25-17(13-10-18-24(11-13)15-7-2-1-3-8-15)19-14-6-4-5-12(9-14)16-20-22-23-21-16/h1-11H,(H,19,25)(H,20,21,22,23). The Hall–Kier alpha value is -3.81. The zero-order valence-corrected chi connectivity index (χ0v) is 13.0. The fraction of sp³-hybridized carbons (Fsp3) is 0. The second kappa shape index (κ2) is 6.36. The van der Waals surface area contributed by atoms with E-state index < -0.39 is 0 Å². The Morgan fingerprint density at radius 3 is 2.76 bits per heavy atom. The summed E-state index contributed by atoms with van der Waals surface area (Å²) in [4.78, 5) is 12.4. The van der Waals surface area contributed by atoms with Gasteiger partial charge in [0.05, 0.1) is 17.4 Å². The SMILES string of the molecule is O=C(Nc1cccc(-c2nn[nH]n2)c1)c1cnn(-c2ccccc2)c1. The lowest BCUT2D eigenvalue weighted by Gasteiger charge is -2.04. The quantitative estimate of drug-likeness (QED) is 0.597. The number of para-hydroxylation sites is 1. The number of carbonyl (C=O) groups is 1. The average Bonchev–Trinajstić information content (AvgIpc) is 3.35. The number of aromatic nitrogens is 6. The molecular weight excluding hydrogens is 318 g/mol. The van der Waals surface area contributed by atoms with Crippen LogP contribution in [0.25, 0.3) is 17.1 Å². The van der Waals surface area contributed by atoms with E-state index in [1.54, 1.807) is 23.0 Å². The third kappa shape index (κ3) is 3.13. The summed E-state index contributed by atoms with van der Waals surface area (Å²) in [6, 6.07) is 16.8. The van der Waals surface area contributed by atoms with E-state index in [-0.39, 0.29) is 5.91 Å². The number of anilines is 1. The van der Waals surface area contributed by atoms with Crippen molar-refractivity contribution in [3.05, 3.63) is 72.6 Å². The van der Waals surface area contributed by atoms with Crippen LogP contribution in [0, 0.1) is 0 Å². The number of hydrogen-bond donors (Lipinski definition) is 2. The number of hydrogen-bond acceptors (Lipinski definition) is 5. The van der Waals surface area contributed by atoms with Gasteiger partial charge in [-0.05, 0) is 29.5 Å². The molecule has 2 aromatic carbocycles. The molecule has 2 heterocycles. The number of nitrogens with zero attached hydrogens (tertiary/aromatic N) is 5. The molecule has 1 amide bonds. The number of benzene rings is 2. The van der Waals surface area contributed by atoms with Gasteiger partial charge in [0.25, 0.3) is 5.91 Å². The lowest BCUT2D eigenvalue weighted by Crippen LogP contribution is -2.11. The number of nitrogens with one attached hydrogen (secondary N) is 2. The lowest BCUT2D eigenvalue weighted by atomic mass is 10.2. The molecule has 8 heteroatoms. The lowest BCUT2D eigenvalue weighted by molar-refractivity contribution is 0.102. The van der Waals surface area contributed by atoms with Crippen LogP contribution < -0.4 is 5.32 Å². The van der Waals surface area contributed by atoms with Crippen LogP contribution in [0.3, 0.4) is 0 Å². The summed E-state index contributed by atoms with van der Waals surface area (Å²) in [6.45, 7) is 0. The molecule has 8 nitrogen and oxygen atoms in total. The van der Waals surface area contributed by atoms with Crippen LogP contribution in [0.1, 0.15) is 10.4 Å². The molecule has 2 aromatic heterocycles. The summed E-state index contributed by atoms with van der Waals surface area (Å²) >= 11 is 0. The van der Waals surface area contributed by atoms with Gasteiger partial charge in [-0.3, -0.25) is 4.79 Å². The second-order valence-electron chi connectivity index (χ2n) is 5.28. The first-order valence-corrected chi connectivity index (χ1v) is 7.55. The van der Waals surface area contributed by atoms with Gasteiger partial charge in [0.1, 0.15) is 0 Å². The molecule has 0 aliphatic heterocycles. The second-order valence-corrected chi connectivity index (χ2v) is 5.28. The predicted molar refractivity (Wildman–Crippen MR) is 91.1 cm³/mol. The third-order valence-electron chi connectivity index (χ3n) is 3.59. The Balaban J connectivity index is 1.53. The Bertz CT molecular complexity index is 993. The van der Waals surface area contributed by atoms with Gasteiger partial charge in [0.15, 0.2) is 0 Å². The molecule has 25 heavy (non-hydrogen) atoms. The fourth-order valence-corrected chi connectivity index (χ4v) is 2.39. The van der Waals surface area contributed by atoms with Crippen molar-refractivity contribution in [1.82, 2.24) is 30.4 Å². The van der Waals surface area contributed by atoms with Crippen LogP contribution >= 0.6 is 0 Å². The minimum absolute atomic E-state index is 0.243. The van der Waals surface area contributed by atoms with Gasteiger partial charge in [-0.25, -0.2) is 4.68 Å². The third-order valence-corrected chi connectivity index (χ3v) is 3.59. The molecular formula is C17H13N7O. The maximum atomic E-state index is 12.4. The molecule has 0 unspecified atom stereocenters. The molecule has 0 spiro atoms. The fourth-order valence-electron chi connectivity index (χ4n) is 2.39. The van der Waals surface area contributed by atoms with Crippen LogP contribution in [-0.4, -0.2) is 36.3 Å². The van der Waals surface area contributed by atoms with Crippen LogP contribution in [0.4, 0.5) is 5.69 Å². The van der Waals surface area contributed by atoms with Gasteiger partial charge in [-0.15, -0.1) is 10.2 Å². The molecule has 122 valence electrons. The molecule has 0 saturated carbocycles. The number of aromatic amines is 1. The van der Waals surface area contributed by atoms with Crippen molar-refractivity contribution in [2.75, 3.05) is 5.32 Å². The maximum Gasteiger partial charge on any atom is 0.258 e. The molecule has 4 aromatic rings. The zero-order chi connectivity index (χ0) is 17.1. The van der Waals surface area contributed by atoms with E-state index in [1.165, 1.54) is 6.20 Å². The van der Waals surface area contributed by atoms with Crippen LogP contribution in [0.5, 0.6) is 0 Å². The van der Waals surface area contributed by atoms with Crippen molar-refractivity contribution in [3.8, 4) is 17.1 Å². The van der Waals surface area contributed by atoms with Gasteiger partial charge in [0.2, 0.25) is 5.82 Å². The number of carbonyl (C=O) groups excluding carboxylic acids is 1. The van der Waals surface area contributed by atoms with Crippen molar-refractivity contribution >= 4 is 11.6 Å². The number of amides is 1. The molecule has 0 bridgehead atoms. The molecule has 0 saturated heterocycles. The minimum atomic E-state index is -0.243. The summed E-state index contributed by atoms with van der Waals surface area (Å²) in [7, 11) is 0. The summed E-state index contributed by atoms with van der Waals surface area (Å²) < 4.78 is 1.66. The summed E-state index contributed by atoms with van der Waals surface area (Å²) in [5.74, 6) is 0.223. The van der Waals surface area contributed by atoms with Gasteiger partial charge in [-0.1, -0.05) is 30.3 Å². The summed E-state index contributed by atoms with van der Waals surface area (Å²) in [6.07, 6.45) is 3.22. The Morgan fingerprint density at radius 2 is 1.96 bits per heavy atom. The number of rotatable bonds is 4. The predicted octanol–water partition coefficient (Wildman–Crippen LogP) is 2.30. The van der Waals surface area contributed by atoms with Crippen molar-refractivity contribution in [3.63, 3.8) is 0 Å². The summed E-state index contributed by atoms with van der Waals surface area (Å²) in [5, 5.41) is 20.9. The number of H-pyrrole nitrogens is 1. The van der Waals surface area contributed by atoms with E-state index in [1.807, 2.05) is 42.5 Å². The van der Waals surface area contributed by atoms with Crippen molar-refractivity contribution in [2.45, 2.75) is 0 Å². The van der Waals surface area contributed by atoms with E-state index in [0.29, 0.717) is 17.1 Å². The minimum Gasteiger partial charge on any atom is -0.322 e. The molecule has 0 atom stereocenters. The van der Waals surface area contributed by atoms with E-state index >= 15 is 0 Å². The average molecular weight is 331 g/mol. The monoisotopic (exact) mass is 331 g/mol. The first kappa shape index (κ1) is 14.8. The highest BCUT2D eigenvalue weighted by Gasteiger charge is 2.11. The largest absolute Gasteiger partial charge is 0.322 e. The first-order valence-electron chi connectivity index (χ1n) is 7.55. The molecule has 0 fully saturated rings. The van der Waals surface area contributed by atoms with E-state index in [2.05, 4.69) is 31.0 Å². The van der Waals surface area contributed by atoms with Gasteiger partial charge >= 0.3 is 0 Å². The van der Waals surface area contributed by atoms with Gasteiger partial charge < -0.3 is 5.32 Å². The summed E-state index contributed by atoms with van der Waals surface area (Å²) in [5.41, 5.74) is 2.75. The van der Waals surface area contributed by atoms with E-state index in [0.717, 1.165) is 11.3 Å². The molecule has 0 aliphatic carbocycles. The maximum absolute atomic E-state index is 12.4.